The normalized spacial score (nSPS) is 11.5. The molecule has 0 aliphatic carbocycles. The summed E-state index contributed by atoms with van der Waals surface area (Å²) >= 11 is 0. The Bertz CT molecular complexity index is 91.2. The molecule has 0 aliphatic heterocycles. The van der Waals surface area contributed by atoms with Crippen molar-refractivity contribution in [2.24, 2.45) is 0 Å². The molecule has 8 heavy (non-hydrogen) atoms. The Balaban J connectivity index is 3.55. The van der Waals surface area contributed by atoms with Gasteiger partial charge in [0, 0.05) is 0 Å². The Hall–Kier alpha value is -0.370. The van der Waals surface area contributed by atoms with Gasteiger partial charge in [0.1, 0.15) is 5.78 Å². The van der Waals surface area contributed by atoms with Crippen molar-refractivity contribution in [1.29, 1.82) is 0 Å². The second-order valence-corrected chi connectivity index (χ2v) is 3.04. The fourth-order valence-electron chi connectivity index (χ4n) is 0.674. The lowest BCUT2D eigenvalue weighted by molar-refractivity contribution is -0.463. The van der Waals surface area contributed by atoms with Crippen molar-refractivity contribution in [2.45, 2.75) is 32.7 Å². The average molecular weight is 116 g/mol. The fraction of sp³-hybridized carbons (Fsp3) is 0.833. The molecule has 0 radical (unpaired) electrons. The van der Waals surface area contributed by atoms with Crippen LogP contribution in [0.4, 0.5) is 0 Å². The molecule has 0 spiro atoms. The Kier molecular flexibility index (Phi) is 2.16. The number of hydrogen-bond acceptors (Lipinski definition) is 1. The van der Waals surface area contributed by atoms with Crippen LogP contribution in [0.3, 0.4) is 0 Å². The monoisotopic (exact) mass is 116 g/mol. The number of rotatable bonds is 2. The van der Waals surface area contributed by atoms with Crippen molar-refractivity contribution in [3.8, 4) is 0 Å². The summed E-state index contributed by atoms with van der Waals surface area (Å²) in [6.07, 6.45) is 0.576. The van der Waals surface area contributed by atoms with E-state index in [-0.39, 0.29) is 11.3 Å². The number of carbonyl (C=O) groups excluding carboxylic acids is 1. The van der Waals surface area contributed by atoms with Crippen molar-refractivity contribution >= 4 is 5.78 Å². The molecule has 3 N–H and O–H groups in total. The topological polar surface area (TPSA) is 44.7 Å². The van der Waals surface area contributed by atoms with Gasteiger partial charge < -0.3 is 5.73 Å². The molecule has 0 bridgehead atoms. The summed E-state index contributed by atoms with van der Waals surface area (Å²) in [6.45, 7) is 5.50. The predicted octanol–water partition coefficient (Wildman–Crippen LogP) is -0.0140. The van der Waals surface area contributed by atoms with Crippen LogP contribution in [0, 0.1) is 0 Å². The molecule has 0 heterocycles. The minimum Gasteiger partial charge on any atom is -0.353 e. The van der Waals surface area contributed by atoms with E-state index < -0.39 is 0 Å². The van der Waals surface area contributed by atoms with Crippen LogP contribution in [-0.4, -0.2) is 11.3 Å². The maximum atomic E-state index is 10.4. The Morgan fingerprint density at radius 2 is 2.00 bits per heavy atom. The second kappa shape index (κ2) is 2.27. The van der Waals surface area contributed by atoms with Crippen LogP contribution in [0.25, 0.3) is 0 Å². The van der Waals surface area contributed by atoms with Gasteiger partial charge in [-0.15, -0.1) is 0 Å². The quantitative estimate of drug-likeness (QED) is 0.541. The zero-order chi connectivity index (χ0) is 6.78. The van der Waals surface area contributed by atoms with Crippen molar-refractivity contribution < 1.29 is 10.5 Å². The molecule has 0 atom stereocenters. The standard InChI is InChI=1S/C6H13NO/c1-5(8)4-6(2,3)7/h4,7H2,1-3H3/p+1. The minimum absolute atomic E-state index is 0.0775. The summed E-state index contributed by atoms with van der Waals surface area (Å²) in [7, 11) is 0. The highest BCUT2D eigenvalue weighted by Crippen LogP contribution is 1.99. The highest BCUT2D eigenvalue weighted by molar-refractivity contribution is 5.76. The second-order valence-electron chi connectivity index (χ2n) is 3.04. The molecule has 0 fully saturated rings. The van der Waals surface area contributed by atoms with E-state index >= 15 is 0 Å². The van der Waals surface area contributed by atoms with E-state index in [1.165, 1.54) is 0 Å². The third-order valence-corrected chi connectivity index (χ3v) is 0.727. The Labute approximate surface area is 50.1 Å². The first kappa shape index (κ1) is 7.63. The summed E-state index contributed by atoms with van der Waals surface area (Å²) < 4.78 is 0. The average Bonchev–Trinajstić information content (AvgIpc) is 1.21. The molecule has 0 rings (SSSR count). The summed E-state index contributed by atoms with van der Waals surface area (Å²) in [4.78, 5) is 10.4. The van der Waals surface area contributed by atoms with Crippen molar-refractivity contribution in [3.63, 3.8) is 0 Å². The Morgan fingerprint density at radius 1 is 1.62 bits per heavy atom. The molecular weight excluding hydrogens is 102 g/mol. The van der Waals surface area contributed by atoms with Gasteiger partial charge in [-0.2, -0.15) is 0 Å². The number of ketones is 1. The lowest BCUT2D eigenvalue weighted by Crippen LogP contribution is -2.69. The molecule has 2 heteroatoms. The maximum Gasteiger partial charge on any atom is 0.136 e. The van der Waals surface area contributed by atoms with Crippen LogP contribution in [0.15, 0.2) is 0 Å². The highest BCUT2D eigenvalue weighted by atomic mass is 16.1. The molecule has 0 saturated heterocycles. The molecule has 0 saturated carbocycles. The molecule has 0 aromatic heterocycles. The molecule has 0 unspecified atom stereocenters. The van der Waals surface area contributed by atoms with Gasteiger partial charge in [-0.1, -0.05) is 0 Å². The van der Waals surface area contributed by atoms with Gasteiger partial charge in [-0.25, -0.2) is 0 Å². The third-order valence-electron chi connectivity index (χ3n) is 0.727. The largest absolute Gasteiger partial charge is 0.353 e. The van der Waals surface area contributed by atoms with Gasteiger partial charge in [0.25, 0.3) is 0 Å². The van der Waals surface area contributed by atoms with Crippen LogP contribution >= 0.6 is 0 Å². The minimum atomic E-state index is -0.0775. The predicted molar refractivity (Wildman–Crippen MR) is 32.3 cm³/mol. The van der Waals surface area contributed by atoms with Gasteiger partial charge in [-0.05, 0) is 20.8 Å². The first-order chi connectivity index (χ1) is 3.42. The first-order valence-electron chi connectivity index (χ1n) is 2.76. The van der Waals surface area contributed by atoms with E-state index in [0.717, 1.165) is 0 Å². The van der Waals surface area contributed by atoms with E-state index in [1.54, 1.807) is 6.92 Å². The van der Waals surface area contributed by atoms with Gasteiger partial charge in [0.05, 0.1) is 12.0 Å². The first-order valence-corrected chi connectivity index (χ1v) is 2.76. The zero-order valence-electron chi connectivity index (χ0n) is 5.82. The van der Waals surface area contributed by atoms with Gasteiger partial charge in [0.15, 0.2) is 0 Å². The van der Waals surface area contributed by atoms with Gasteiger partial charge >= 0.3 is 0 Å². The summed E-state index contributed by atoms with van der Waals surface area (Å²) in [5.74, 6) is 0.213. The van der Waals surface area contributed by atoms with Crippen molar-refractivity contribution in [2.75, 3.05) is 0 Å². The summed E-state index contributed by atoms with van der Waals surface area (Å²) in [5.41, 5.74) is 3.71. The fourth-order valence-corrected chi connectivity index (χ4v) is 0.674. The molecule has 2 nitrogen and oxygen atoms in total. The molecule has 0 aromatic rings. The zero-order valence-corrected chi connectivity index (χ0v) is 5.82. The molecule has 0 amide bonds. The summed E-state index contributed by atoms with van der Waals surface area (Å²) in [5, 5.41) is 0. The van der Waals surface area contributed by atoms with E-state index in [0.29, 0.717) is 6.42 Å². The smallest absolute Gasteiger partial charge is 0.136 e. The van der Waals surface area contributed by atoms with E-state index in [4.69, 9.17) is 0 Å². The van der Waals surface area contributed by atoms with Crippen LogP contribution < -0.4 is 5.73 Å². The van der Waals surface area contributed by atoms with E-state index in [2.05, 4.69) is 5.73 Å². The van der Waals surface area contributed by atoms with E-state index in [1.807, 2.05) is 13.8 Å². The highest BCUT2D eigenvalue weighted by Gasteiger charge is 2.16. The maximum absolute atomic E-state index is 10.4. The number of hydrogen-bond donors (Lipinski definition) is 1. The summed E-state index contributed by atoms with van der Waals surface area (Å²) in [6, 6.07) is 0. The molecule has 0 aliphatic rings. The number of quaternary nitrogens is 1. The SMILES string of the molecule is CC(=O)CC(C)(C)[NH3+]. The van der Waals surface area contributed by atoms with Gasteiger partial charge in [0.2, 0.25) is 0 Å². The third kappa shape index (κ3) is 5.63. The molecular formula is C6H14NO+. The Morgan fingerprint density at radius 3 is 2.00 bits per heavy atom. The van der Waals surface area contributed by atoms with Crippen LogP contribution in [0.5, 0.6) is 0 Å². The number of carbonyl (C=O) groups is 1. The number of Topliss-reactive ketones (excluding diaryl/α,β-unsaturated/α-hetero) is 1. The van der Waals surface area contributed by atoms with Gasteiger partial charge in [-0.3, -0.25) is 4.79 Å². The lowest BCUT2D eigenvalue weighted by atomic mass is 10.0. The lowest BCUT2D eigenvalue weighted by Gasteiger charge is -2.10. The molecule has 0 aromatic carbocycles. The van der Waals surface area contributed by atoms with Crippen molar-refractivity contribution in [3.05, 3.63) is 0 Å². The van der Waals surface area contributed by atoms with Crippen LogP contribution in [0.1, 0.15) is 27.2 Å². The molecule has 48 valence electrons. The van der Waals surface area contributed by atoms with Crippen LogP contribution in [0.2, 0.25) is 0 Å². The van der Waals surface area contributed by atoms with Crippen molar-refractivity contribution in [1.82, 2.24) is 0 Å². The van der Waals surface area contributed by atoms with Crippen LogP contribution in [-0.2, 0) is 4.79 Å². The van der Waals surface area contributed by atoms with E-state index in [9.17, 15) is 4.79 Å².